The van der Waals surface area contributed by atoms with Crippen LogP contribution in [-0.4, -0.2) is 22.9 Å². The summed E-state index contributed by atoms with van der Waals surface area (Å²) in [6.07, 6.45) is 0.723. The van der Waals surface area contributed by atoms with E-state index in [-0.39, 0.29) is 17.6 Å². The summed E-state index contributed by atoms with van der Waals surface area (Å²) in [4.78, 5) is 0. The third kappa shape index (κ3) is 1.49. The van der Waals surface area contributed by atoms with Gasteiger partial charge < -0.3 is 14.9 Å². The van der Waals surface area contributed by atoms with E-state index in [4.69, 9.17) is 4.74 Å². The second kappa shape index (κ2) is 3.39. The largest absolute Gasteiger partial charge is 0.508 e. The molecular formula is C13H12O3. The number of phenolic OH excluding ortho intramolecular Hbond substituents is 2. The summed E-state index contributed by atoms with van der Waals surface area (Å²) < 4.78 is 5.11. The van der Waals surface area contributed by atoms with Crippen molar-refractivity contribution in [2.24, 2.45) is 0 Å². The van der Waals surface area contributed by atoms with E-state index >= 15 is 0 Å². The molecule has 0 amide bonds. The highest BCUT2D eigenvalue weighted by Crippen LogP contribution is 2.37. The summed E-state index contributed by atoms with van der Waals surface area (Å²) >= 11 is 0. The van der Waals surface area contributed by atoms with Gasteiger partial charge in [0.2, 0.25) is 0 Å². The quantitative estimate of drug-likeness (QED) is 0.756. The molecule has 16 heavy (non-hydrogen) atoms. The van der Waals surface area contributed by atoms with E-state index in [9.17, 15) is 10.2 Å². The van der Waals surface area contributed by atoms with Crippen molar-refractivity contribution in [3.63, 3.8) is 0 Å². The molecule has 3 rings (SSSR count). The molecule has 0 radical (unpaired) electrons. The molecule has 0 aromatic heterocycles. The Labute approximate surface area is 92.9 Å². The Morgan fingerprint density at radius 1 is 1.25 bits per heavy atom. The lowest BCUT2D eigenvalue weighted by Gasteiger charge is -2.09. The fourth-order valence-corrected chi connectivity index (χ4v) is 1.97. The van der Waals surface area contributed by atoms with Crippen LogP contribution in [0.2, 0.25) is 0 Å². The standard InChI is InChI=1S/C13H12O3/c14-12-5-8-3-1-2-4-10(8)13(15)11(12)6-9-7-16-9/h1-5,9,14-15H,6-7H2. The molecule has 82 valence electrons. The maximum atomic E-state index is 10.1. The topological polar surface area (TPSA) is 53.0 Å². The number of epoxide rings is 1. The summed E-state index contributed by atoms with van der Waals surface area (Å²) in [5, 5.41) is 21.6. The lowest BCUT2D eigenvalue weighted by molar-refractivity contribution is 0.394. The molecule has 0 spiro atoms. The molecule has 1 saturated heterocycles. The molecule has 1 aliphatic rings. The molecule has 0 saturated carbocycles. The molecule has 0 bridgehead atoms. The summed E-state index contributed by atoms with van der Waals surface area (Å²) in [5.41, 5.74) is 0.584. The minimum Gasteiger partial charge on any atom is -0.508 e. The van der Waals surface area contributed by atoms with Crippen molar-refractivity contribution < 1.29 is 14.9 Å². The lowest BCUT2D eigenvalue weighted by Crippen LogP contribution is -1.94. The Morgan fingerprint density at radius 2 is 2.00 bits per heavy atom. The number of rotatable bonds is 2. The second-order valence-electron chi connectivity index (χ2n) is 4.10. The zero-order chi connectivity index (χ0) is 11.1. The second-order valence-corrected chi connectivity index (χ2v) is 4.10. The molecular weight excluding hydrogens is 204 g/mol. The molecule has 1 heterocycles. The highest BCUT2D eigenvalue weighted by molar-refractivity contribution is 5.91. The summed E-state index contributed by atoms with van der Waals surface area (Å²) in [6, 6.07) is 9.15. The van der Waals surface area contributed by atoms with Crippen LogP contribution in [0.3, 0.4) is 0 Å². The molecule has 2 aromatic rings. The van der Waals surface area contributed by atoms with Crippen LogP contribution in [0.4, 0.5) is 0 Å². The van der Waals surface area contributed by atoms with Crippen molar-refractivity contribution in [2.45, 2.75) is 12.5 Å². The third-order valence-electron chi connectivity index (χ3n) is 2.94. The van der Waals surface area contributed by atoms with Gasteiger partial charge in [-0.3, -0.25) is 0 Å². The average molecular weight is 216 g/mol. The summed E-state index contributed by atoms with van der Waals surface area (Å²) in [6.45, 7) is 0.714. The SMILES string of the molecule is Oc1cc2ccccc2c(O)c1CC1CO1. The Morgan fingerprint density at radius 3 is 2.75 bits per heavy atom. The predicted molar refractivity (Wildman–Crippen MR) is 60.7 cm³/mol. The highest BCUT2D eigenvalue weighted by Gasteiger charge is 2.26. The van der Waals surface area contributed by atoms with E-state index in [0.29, 0.717) is 18.6 Å². The maximum absolute atomic E-state index is 10.1. The Balaban J connectivity index is 2.18. The maximum Gasteiger partial charge on any atom is 0.130 e. The van der Waals surface area contributed by atoms with Gasteiger partial charge in [-0.2, -0.15) is 0 Å². The Kier molecular flexibility index (Phi) is 2.01. The zero-order valence-electron chi connectivity index (χ0n) is 8.68. The monoisotopic (exact) mass is 216 g/mol. The van der Waals surface area contributed by atoms with Gasteiger partial charge in [0, 0.05) is 17.4 Å². The van der Waals surface area contributed by atoms with E-state index in [2.05, 4.69) is 0 Å². The number of ether oxygens (including phenoxy) is 1. The fourth-order valence-electron chi connectivity index (χ4n) is 1.97. The van der Waals surface area contributed by atoms with Crippen LogP contribution in [-0.2, 0) is 11.2 Å². The van der Waals surface area contributed by atoms with Gasteiger partial charge in [0.1, 0.15) is 11.5 Å². The predicted octanol–water partition coefficient (Wildman–Crippen LogP) is 2.19. The Hall–Kier alpha value is -1.74. The molecule has 3 heteroatoms. The molecule has 1 aliphatic heterocycles. The number of benzene rings is 2. The van der Waals surface area contributed by atoms with Gasteiger partial charge in [0.05, 0.1) is 12.7 Å². The number of fused-ring (bicyclic) bond motifs is 1. The summed E-state index contributed by atoms with van der Waals surface area (Å²) in [5.74, 6) is 0.317. The van der Waals surface area contributed by atoms with E-state index in [1.54, 1.807) is 6.07 Å². The van der Waals surface area contributed by atoms with Gasteiger partial charge in [-0.15, -0.1) is 0 Å². The summed E-state index contributed by atoms with van der Waals surface area (Å²) in [7, 11) is 0. The molecule has 1 unspecified atom stereocenters. The molecule has 2 N–H and O–H groups in total. The average Bonchev–Trinajstić information content (AvgIpc) is 3.08. The first kappa shape index (κ1) is 9.48. The number of aromatic hydroxyl groups is 2. The molecule has 0 aliphatic carbocycles. The van der Waals surface area contributed by atoms with Crippen molar-refractivity contribution in [1.29, 1.82) is 0 Å². The van der Waals surface area contributed by atoms with Crippen LogP contribution in [0.25, 0.3) is 10.8 Å². The normalized spacial score (nSPS) is 18.9. The first-order valence-corrected chi connectivity index (χ1v) is 5.30. The van der Waals surface area contributed by atoms with E-state index in [1.165, 1.54) is 0 Å². The smallest absolute Gasteiger partial charge is 0.130 e. The number of hydrogen-bond donors (Lipinski definition) is 2. The molecule has 3 nitrogen and oxygen atoms in total. The van der Waals surface area contributed by atoms with Crippen molar-refractivity contribution in [2.75, 3.05) is 6.61 Å². The van der Waals surface area contributed by atoms with E-state index < -0.39 is 0 Å². The van der Waals surface area contributed by atoms with Crippen LogP contribution in [0.1, 0.15) is 5.56 Å². The van der Waals surface area contributed by atoms with Gasteiger partial charge in [-0.1, -0.05) is 24.3 Å². The fraction of sp³-hybridized carbons (Fsp3) is 0.231. The minimum absolute atomic E-state index is 0.145. The van der Waals surface area contributed by atoms with Crippen molar-refractivity contribution in [1.82, 2.24) is 0 Å². The first-order valence-electron chi connectivity index (χ1n) is 5.30. The van der Waals surface area contributed by atoms with Crippen molar-refractivity contribution in [3.05, 3.63) is 35.9 Å². The van der Waals surface area contributed by atoms with Crippen molar-refractivity contribution in [3.8, 4) is 11.5 Å². The van der Waals surface area contributed by atoms with Crippen LogP contribution in [0, 0.1) is 0 Å². The highest BCUT2D eigenvalue weighted by atomic mass is 16.6. The van der Waals surface area contributed by atoms with Crippen LogP contribution in [0.5, 0.6) is 11.5 Å². The first-order chi connectivity index (χ1) is 7.75. The van der Waals surface area contributed by atoms with Gasteiger partial charge in [-0.25, -0.2) is 0 Å². The van der Waals surface area contributed by atoms with Crippen LogP contribution >= 0.6 is 0 Å². The van der Waals surface area contributed by atoms with E-state index in [0.717, 1.165) is 10.8 Å². The molecule has 1 atom stereocenters. The van der Waals surface area contributed by atoms with Gasteiger partial charge in [0.15, 0.2) is 0 Å². The van der Waals surface area contributed by atoms with Crippen LogP contribution < -0.4 is 0 Å². The van der Waals surface area contributed by atoms with E-state index in [1.807, 2.05) is 24.3 Å². The van der Waals surface area contributed by atoms with Crippen molar-refractivity contribution >= 4 is 10.8 Å². The van der Waals surface area contributed by atoms with Gasteiger partial charge in [0.25, 0.3) is 0 Å². The number of phenols is 2. The van der Waals surface area contributed by atoms with Gasteiger partial charge >= 0.3 is 0 Å². The number of hydrogen-bond acceptors (Lipinski definition) is 3. The molecule has 1 fully saturated rings. The van der Waals surface area contributed by atoms with Crippen LogP contribution in [0.15, 0.2) is 30.3 Å². The van der Waals surface area contributed by atoms with Gasteiger partial charge in [-0.05, 0) is 11.5 Å². The Bertz CT molecular complexity index is 544. The zero-order valence-corrected chi connectivity index (χ0v) is 8.68. The lowest BCUT2D eigenvalue weighted by atomic mass is 10.0. The molecule has 2 aromatic carbocycles. The third-order valence-corrected chi connectivity index (χ3v) is 2.94. The minimum atomic E-state index is 0.145.